The number of hydrogen-bond donors (Lipinski definition) is 1. The van der Waals surface area contributed by atoms with Gasteiger partial charge < -0.3 is 10.2 Å². The molecule has 3 nitrogen and oxygen atoms in total. The van der Waals surface area contributed by atoms with Crippen LogP contribution in [0.3, 0.4) is 0 Å². The van der Waals surface area contributed by atoms with Crippen LogP contribution in [0.1, 0.15) is 16.8 Å². The molecular formula is C12H15IN2O. The monoisotopic (exact) mass is 330 g/mol. The van der Waals surface area contributed by atoms with Gasteiger partial charge in [0, 0.05) is 28.3 Å². The summed E-state index contributed by atoms with van der Waals surface area (Å²) in [7, 11) is 1.95. The number of likely N-dealkylation sites (N-methyl/N-ethyl adjacent to an activating group) is 1. The van der Waals surface area contributed by atoms with Gasteiger partial charge in [-0.25, -0.2) is 0 Å². The Morgan fingerprint density at radius 3 is 2.69 bits per heavy atom. The first-order chi connectivity index (χ1) is 7.70. The Hall–Kier alpha value is -0.620. The van der Waals surface area contributed by atoms with Crippen molar-refractivity contribution in [3.63, 3.8) is 0 Å². The molecule has 1 heterocycles. The summed E-state index contributed by atoms with van der Waals surface area (Å²) in [6.07, 6.45) is 1.05. The number of nitrogens with one attached hydrogen (secondary N) is 1. The highest BCUT2D eigenvalue weighted by molar-refractivity contribution is 14.1. The molecule has 2 rings (SSSR count). The normalized spacial score (nSPS) is 20.1. The zero-order chi connectivity index (χ0) is 11.5. The molecule has 86 valence electrons. The number of carbonyl (C=O) groups is 1. The van der Waals surface area contributed by atoms with E-state index in [1.54, 1.807) is 0 Å². The van der Waals surface area contributed by atoms with Gasteiger partial charge in [-0.05, 0) is 60.3 Å². The zero-order valence-electron chi connectivity index (χ0n) is 9.24. The first-order valence-corrected chi connectivity index (χ1v) is 6.50. The van der Waals surface area contributed by atoms with Crippen LogP contribution >= 0.6 is 22.6 Å². The Morgan fingerprint density at radius 2 is 2.12 bits per heavy atom. The van der Waals surface area contributed by atoms with Crippen molar-refractivity contribution in [3.05, 3.63) is 33.4 Å². The third-order valence-electron chi connectivity index (χ3n) is 2.97. The Bertz CT molecular complexity index is 377. The highest BCUT2D eigenvalue weighted by Gasteiger charge is 2.25. The summed E-state index contributed by atoms with van der Waals surface area (Å²) in [6.45, 7) is 1.68. The van der Waals surface area contributed by atoms with E-state index < -0.39 is 0 Å². The molecule has 1 N–H and O–H groups in total. The molecule has 0 bridgehead atoms. The van der Waals surface area contributed by atoms with Crippen molar-refractivity contribution in [3.8, 4) is 0 Å². The van der Waals surface area contributed by atoms with Crippen molar-refractivity contribution in [2.24, 2.45) is 0 Å². The third kappa shape index (κ3) is 2.55. The van der Waals surface area contributed by atoms with Gasteiger partial charge in [0.1, 0.15) is 0 Å². The fourth-order valence-corrected chi connectivity index (χ4v) is 2.31. The largest absolute Gasteiger partial charge is 0.337 e. The van der Waals surface area contributed by atoms with E-state index in [1.807, 2.05) is 36.2 Å². The number of benzene rings is 1. The lowest BCUT2D eigenvalue weighted by Gasteiger charge is -2.16. The predicted molar refractivity (Wildman–Crippen MR) is 72.5 cm³/mol. The van der Waals surface area contributed by atoms with Crippen LogP contribution in [-0.2, 0) is 0 Å². The molecule has 1 saturated heterocycles. The molecule has 0 spiro atoms. The SMILES string of the molecule is CNC1CCN(C(=O)c2ccc(I)cc2)C1. The fraction of sp³-hybridized carbons (Fsp3) is 0.417. The van der Waals surface area contributed by atoms with Gasteiger partial charge in [-0.3, -0.25) is 4.79 Å². The maximum Gasteiger partial charge on any atom is 0.253 e. The van der Waals surface area contributed by atoms with Crippen molar-refractivity contribution in [2.45, 2.75) is 12.5 Å². The lowest BCUT2D eigenvalue weighted by atomic mass is 10.2. The van der Waals surface area contributed by atoms with Gasteiger partial charge in [0.2, 0.25) is 0 Å². The molecule has 1 fully saturated rings. The quantitative estimate of drug-likeness (QED) is 0.838. The lowest BCUT2D eigenvalue weighted by Crippen LogP contribution is -2.33. The number of carbonyl (C=O) groups excluding carboxylic acids is 1. The van der Waals surface area contributed by atoms with Crippen molar-refractivity contribution < 1.29 is 4.79 Å². The van der Waals surface area contributed by atoms with Crippen LogP contribution in [0.25, 0.3) is 0 Å². The summed E-state index contributed by atoms with van der Waals surface area (Å²) >= 11 is 2.24. The standard InChI is InChI=1S/C12H15IN2O/c1-14-11-6-7-15(8-11)12(16)9-2-4-10(13)5-3-9/h2-5,11,14H,6-8H2,1H3. The van der Waals surface area contributed by atoms with E-state index in [4.69, 9.17) is 0 Å². The van der Waals surface area contributed by atoms with Gasteiger partial charge in [-0.2, -0.15) is 0 Å². The van der Waals surface area contributed by atoms with E-state index >= 15 is 0 Å². The van der Waals surface area contributed by atoms with Crippen molar-refractivity contribution in [1.29, 1.82) is 0 Å². The van der Waals surface area contributed by atoms with E-state index in [1.165, 1.54) is 0 Å². The number of rotatable bonds is 2. The van der Waals surface area contributed by atoms with E-state index in [0.717, 1.165) is 28.6 Å². The Kier molecular flexibility index (Phi) is 3.81. The average molecular weight is 330 g/mol. The smallest absolute Gasteiger partial charge is 0.253 e. The van der Waals surface area contributed by atoms with Crippen molar-refractivity contribution >= 4 is 28.5 Å². The lowest BCUT2D eigenvalue weighted by molar-refractivity contribution is 0.0789. The molecule has 0 saturated carbocycles. The van der Waals surface area contributed by atoms with Crippen LogP contribution < -0.4 is 5.32 Å². The molecule has 1 aromatic rings. The van der Waals surface area contributed by atoms with Gasteiger partial charge in [0.25, 0.3) is 5.91 Å². The minimum atomic E-state index is 0.147. The third-order valence-corrected chi connectivity index (χ3v) is 3.69. The summed E-state index contributed by atoms with van der Waals surface area (Å²) in [5.41, 5.74) is 0.789. The van der Waals surface area contributed by atoms with E-state index in [0.29, 0.717) is 6.04 Å². The molecule has 1 aliphatic heterocycles. The molecule has 16 heavy (non-hydrogen) atoms. The summed E-state index contributed by atoms with van der Waals surface area (Å²) in [6, 6.07) is 8.19. The first-order valence-electron chi connectivity index (χ1n) is 5.43. The second-order valence-electron chi connectivity index (χ2n) is 4.03. The fourth-order valence-electron chi connectivity index (χ4n) is 1.96. The van der Waals surface area contributed by atoms with Crippen molar-refractivity contribution in [2.75, 3.05) is 20.1 Å². The molecule has 1 unspecified atom stereocenters. The molecular weight excluding hydrogens is 315 g/mol. The van der Waals surface area contributed by atoms with E-state index in [-0.39, 0.29) is 5.91 Å². The van der Waals surface area contributed by atoms with E-state index in [9.17, 15) is 4.79 Å². The summed E-state index contributed by atoms with van der Waals surface area (Å²) in [4.78, 5) is 14.0. The van der Waals surface area contributed by atoms with Gasteiger partial charge >= 0.3 is 0 Å². The number of likely N-dealkylation sites (tertiary alicyclic amines) is 1. The van der Waals surface area contributed by atoms with Crippen LogP contribution in [0.2, 0.25) is 0 Å². The minimum absolute atomic E-state index is 0.147. The highest BCUT2D eigenvalue weighted by Crippen LogP contribution is 2.14. The van der Waals surface area contributed by atoms with Crippen LogP contribution in [0.15, 0.2) is 24.3 Å². The summed E-state index contributed by atoms with van der Waals surface area (Å²) in [5.74, 6) is 0.147. The first kappa shape index (κ1) is 11.9. The predicted octanol–water partition coefficient (Wildman–Crippen LogP) is 1.73. The van der Waals surface area contributed by atoms with Gasteiger partial charge in [0.05, 0.1) is 0 Å². The second kappa shape index (κ2) is 5.14. The topological polar surface area (TPSA) is 32.3 Å². The van der Waals surface area contributed by atoms with Crippen LogP contribution in [0, 0.1) is 3.57 Å². The Labute approximate surface area is 109 Å². The van der Waals surface area contributed by atoms with Gasteiger partial charge in [0.15, 0.2) is 0 Å². The molecule has 1 aromatic carbocycles. The van der Waals surface area contributed by atoms with Crippen molar-refractivity contribution in [1.82, 2.24) is 10.2 Å². The van der Waals surface area contributed by atoms with Crippen LogP contribution in [0.5, 0.6) is 0 Å². The zero-order valence-corrected chi connectivity index (χ0v) is 11.4. The molecule has 0 aromatic heterocycles. The molecule has 1 aliphatic rings. The highest BCUT2D eigenvalue weighted by atomic mass is 127. The Balaban J connectivity index is 2.05. The minimum Gasteiger partial charge on any atom is -0.337 e. The van der Waals surface area contributed by atoms with Crippen LogP contribution in [0.4, 0.5) is 0 Å². The summed E-state index contributed by atoms with van der Waals surface area (Å²) < 4.78 is 1.16. The van der Waals surface area contributed by atoms with Crippen LogP contribution in [-0.4, -0.2) is 37.0 Å². The molecule has 1 amide bonds. The number of amides is 1. The number of nitrogens with zero attached hydrogens (tertiary/aromatic N) is 1. The molecule has 4 heteroatoms. The second-order valence-corrected chi connectivity index (χ2v) is 5.28. The maximum atomic E-state index is 12.1. The molecule has 0 radical (unpaired) electrons. The number of halogens is 1. The average Bonchev–Trinajstić information content (AvgIpc) is 2.77. The van der Waals surface area contributed by atoms with Gasteiger partial charge in [-0.15, -0.1) is 0 Å². The molecule has 0 aliphatic carbocycles. The number of hydrogen-bond acceptors (Lipinski definition) is 2. The van der Waals surface area contributed by atoms with Gasteiger partial charge in [-0.1, -0.05) is 0 Å². The van der Waals surface area contributed by atoms with E-state index in [2.05, 4.69) is 27.9 Å². The Morgan fingerprint density at radius 1 is 1.44 bits per heavy atom. The summed E-state index contributed by atoms with van der Waals surface area (Å²) in [5, 5.41) is 3.21. The maximum absolute atomic E-state index is 12.1. The molecule has 1 atom stereocenters.